The van der Waals surface area contributed by atoms with Gasteiger partial charge in [0.05, 0.1) is 18.4 Å². The minimum absolute atomic E-state index is 0.114. The molecule has 31 heavy (non-hydrogen) atoms. The number of hydrogen-bond acceptors (Lipinski definition) is 7. The summed E-state index contributed by atoms with van der Waals surface area (Å²) in [6.45, 7) is 1.41. The van der Waals surface area contributed by atoms with Crippen LogP contribution in [0.1, 0.15) is 18.7 Å². The quantitative estimate of drug-likeness (QED) is 0.391. The summed E-state index contributed by atoms with van der Waals surface area (Å²) in [5.41, 5.74) is 1.69. The molecule has 158 valence electrons. The molecule has 0 radical (unpaired) electrons. The Bertz CT molecular complexity index is 1140. The van der Waals surface area contributed by atoms with Crippen molar-refractivity contribution >= 4 is 11.8 Å². The lowest BCUT2D eigenvalue weighted by Crippen LogP contribution is -2.16. The molecule has 3 heterocycles. The van der Waals surface area contributed by atoms with Gasteiger partial charge in [0.15, 0.2) is 11.0 Å². The molecule has 1 aliphatic heterocycles. The van der Waals surface area contributed by atoms with E-state index < -0.39 is 0 Å². The maximum absolute atomic E-state index is 13.4. The van der Waals surface area contributed by atoms with Crippen LogP contribution in [0, 0.1) is 5.82 Å². The number of hydrogen-bond donors (Lipinski definition) is 0. The number of halogens is 1. The Hall–Kier alpha value is -3.04. The molecule has 0 saturated carbocycles. The van der Waals surface area contributed by atoms with Gasteiger partial charge in [0.2, 0.25) is 11.8 Å². The summed E-state index contributed by atoms with van der Waals surface area (Å²) in [4.78, 5) is 0. The normalized spacial score (nSPS) is 16.1. The van der Waals surface area contributed by atoms with Gasteiger partial charge in [0.1, 0.15) is 5.82 Å². The molecule has 1 fully saturated rings. The van der Waals surface area contributed by atoms with Crippen LogP contribution in [0.5, 0.6) is 0 Å². The van der Waals surface area contributed by atoms with Crippen LogP contribution in [0.3, 0.4) is 0 Å². The minimum atomic E-state index is -0.283. The Morgan fingerprint density at radius 3 is 2.58 bits per heavy atom. The zero-order valence-corrected chi connectivity index (χ0v) is 17.5. The third kappa shape index (κ3) is 4.52. The summed E-state index contributed by atoms with van der Waals surface area (Å²) in [5.74, 6) is 1.87. The van der Waals surface area contributed by atoms with E-state index in [1.807, 2.05) is 34.9 Å². The Kier molecular flexibility index (Phi) is 5.77. The Balaban J connectivity index is 1.37. The van der Waals surface area contributed by atoms with Crippen LogP contribution in [-0.2, 0) is 17.0 Å². The first-order valence-corrected chi connectivity index (χ1v) is 11.1. The van der Waals surface area contributed by atoms with Gasteiger partial charge in [-0.25, -0.2) is 4.39 Å². The van der Waals surface area contributed by atoms with Crippen LogP contribution >= 0.6 is 11.8 Å². The predicted molar refractivity (Wildman–Crippen MR) is 114 cm³/mol. The summed E-state index contributed by atoms with van der Waals surface area (Å²) < 4.78 is 27.0. The molecule has 0 bridgehead atoms. The summed E-state index contributed by atoms with van der Waals surface area (Å²) in [7, 11) is 0. The average Bonchev–Trinajstić information content (AvgIpc) is 3.56. The third-order valence-corrected chi connectivity index (χ3v) is 5.99. The first-order chi connectivity index (χ1) is 15.3. The monoisotopic (exact) mass is 437 g/mol. The molecule has 2 aromatic heterocycles. The SMILES string of the molecule is Fc1ccc(-c2nnc(SCc3nnc(-c4ccccc4)o3)n2C[C@@H]2CCCO2)cc1. The van der Waals surface area contributed by atoms with Gasteiger partial charge in [-0.15, -0.1) is 20.4 Å². The maximum Gasteiger partial charge on any atom is 0.247 e. The standard InChI is InChI=1S/C22H20FN5O2S/c23-17-10-8-15(9-11-17)20-25-27-22(28(20)13-18-7-4-12-29-18)31-14-19-24-26-21(30-19)16-5-2-1-3-6-16/h1-3,5-6,8-11,18H,4,7,12-14H2/t18-/m0/s1. The fourth-order valence-electron chi connectivity index (χ4n) is 3.50. The second-order valence-corrected chi connectivity index (χ2v) is 8.16. The van der Waals surface area contributed by atoms with Gasteiger partial charge in [0.25, 0.3) is 0 Å². The van der Waals surface area contributed by atoms with Gasteiger partial charge in [-0.1, -0.05) is 30.0 Å². The fourth-order valence-corrected chi connectivity index (χ4v) is 4.28. The Morgan fingerprint density at radius 2 is 1.81 bits per heavy atom. The molecule has 1 aliphatic rings. The molecule has 2 aromatic carbocycles. The van der Waals surface area contributed by atoms with Crippen molar-refractivity contribution in [2.24, 2.45) is 0 Å². The van der Waals surface area contributed by atoms with Crippen molar-refractivity contribution in [3.63, 3.8) is 0 Å². The van der Waals surface area contributed by atoms with Crippen molar-refractivity contribution < 1.29 is 13.5 Å². The van der Waals surface area contributed by atoms with Gasteiger partial charge in [-0.05, 0) is 49.2 Å². The molecule has 9 heteroatoms. The number of thioether (sulfide) groups is 1. The van der Waals surface area contributed by atoms with Crippen molar-refractivity contribution in [2.45, 2.75) is 36.4 Å². The molecule has 4 aromatic rings. The third-order valence-electron chi connectivity index (χ3n) is 5.04. The van der Waals surface area contributed by atoms with Crippen LogP contribution in [0.2, 0.25) is 0 Å². The number of ether oxygens (including phenoxy) is 1. The van der Waals surface area contributed by atoms with Crippen molar-refractivity contribution in [3.05, 3.63) is 66.3 Å². The molecule has 1 saturated heterocycles. The first kappa shape index (κ1) is 19.9. The molecule has 0 aliphatic carbocycles. The van der Waals surface area contributed by atoms with E-state index in [1.54, 1.807) is 12.1 Å². The van der Waals surface area contributed by atoms with E-state index in [-0.39, 0.29) is 11.9 Å². The van der Waals surface area contributed by atoms with Crippen LogP contribution < -0.4 is 0 Å². The minimum Gasteiger partial charge on any atom is -0.420 e. The van der Waals surface area contributed by atoms with Crippen LogP contribution in [-0.4, -0.2) is 37.7 Å². The van der Waals surface area contributed by atoms with E-state index in [0.717, 1.165) is 35.7 Å². The number of nitrogens with zero attached hydrogens (tertiary/aromatic N) is 5. The highest BCUT2D eigenvalue weighted by Crippen LogP contribution is 2.29. The Morgan fingerprint density at radius 1 is 0.968 bits per heavy atom. The van der Waals surface area contributed by atoms with Gasteiger partial charge in [0, 0.05) is 17.7 Å². The highest BCUT2D eigenvalue weighted by Gasteiger charge is 2.22. The van der Waals surface area contributed by atoms with E-state index >= 15 is 0 Å². The van der Waals surface area contributed by atoms with Gasteiger partial charge >= 0.3 is 0 Å². The van der Waals surface area contributed by atoms with E-state index in [9.17, 15) is 4.39 Å². The summed E-state index contributed by atoms with van der Waals surface area (Å²) in [5, 5.41) is 17.8. The van der Waals surface area contributed by atoms with Crippen molar-refractivity contribution in [2.75, 3.05) is 6.61 Å². The molecule has 0 amide bonds. The fraction of sp³-hybridized carbons (Fsp3) is 0.273. The molecular weight excluding hydrogens is 417 g/mol. The van der Waals surface area contributed by atoms with E-state index in [0.29, 0.717) is 29.9 Å². The van der Waals surface area contributed by atoms with E-state index in [1.165, 1.54) is 23.9 Å². The summed E-state index contributed by atoms with van der Waals surface area (Å²) in [6.07, 6.45) is 2.16. The molecule has 5 rings (SSSR count). The summed E-state index contributed by atoms with van der Waals surface area (Å²) >= 11 is 1.47. The van der Waals surface area contributed by atoms with Crippen molar-refractivity contribution in [1.29, 1.82) is 0 Å². The van der Waals surface area contributed by atoms with Gasteiger partial charge in [-0.2, -0.15) is 0 Å². The van der Waals surface area contributed by atoms with Crippen molar-refractivity contribution in [3.8, 4) is 22.8 Å². The zero-order valence-electron chi connectivity index (χ0n) is 16.6. The molecule has 1 atom stereocenters. The smallest absolute Gasteiger partial charge is 0.247 e. The zero-order chi connectivity index (χ0) is 21.0. The van der Waals surface area contributed by atoms with Crippen molar-refractivity contribution in [1.82, 2.24) is 25.0 Å². The van der Waals surface area contributed by atoms with E-state index in [4.69, 9.17) is 9.15 Å². The second-order valence-electron chi connectivity index (χ2n) is 7.21. The molecular formula is C22H20FN5O2S. The predicted octanol–water partition coefficient (Wildman–Crippen LogP) is 4.61. The molecule has 0 N–H and O–H groups in total. The lowest BCUT2D eigenvalue weighted by molar-refractivity contribution is 0.0953. The maximum atomic E-state index is 13.4. The largest absolute Gasteiger partial charge is 0.420 e. The Labute approximate surface area is 182 Å². The van der Waals surface area contributed by atoms with Crippen LogP contribution in [0.15, 0.2) is 64.2 Å². The number of rotatable bonds is 7. The number of benzene rings is 2. The number of aromatic nitrogens is 5. The van der Waals surface area contributed by atoms with Gasteiger partial charge < -0.3 is 9.15 Å². The lowest BCUT2D eigenvalue weighted by Gasteiger charge is -2.14. The molecule has 0 unspecified atom stereocenters. The highest BCUT2D eigenvalue weighted by molar-refractivity contribution is 7.98. The van der Waals surface area contributed by atoms with Gasteiger partial charge in [-0.3, -0.25) is 4.57 Å². The van der Waals surface area contributed by atoms with Crippen LogP contribution in [0.4, 0.5) is 4.39 Å². The summed E-state index contributed by atoms with van der Waals surface area (Å²) in [6, 6.07) is 15.9. The molecule has 7 nitrogen and oxygen atoms in total. The lowest BCUT2D eigenvalue weighted by atomic mass is 10.2. The van der Waals surface area contributed by atoms with E-state index in [2.05, 4.69) is 20.4 Å². The second kappa shape index (κ2) is 8.99. The van der Waals surface area contributed by atoms with Crippen LogP contribution in [0.25, 0.3) is 22.8 Å². The molecule has 0 spiro atoms. The highest BCUT2D eigenvalue weighted by atomic mass is 32.2. The first-order valence-electron chi connectivity index (χ1n) is 10.1. The topological polar surface area (TPSA) is 78.9 Å². The average molecular weight is 438 g/mol.